The summed E-state index contributed by atoms with van der Waals surface area (Å²) in [6.07, 6.45) is 6.73. The molecule has 148 valence electrons. The molecule has 1 aliphatic carbocycles. The van der Waals surface area contributed by atoms with Crippen molar-refractivity contribution in [1.82, 2.24) is 5.32 Å². The van der Waals surface area contributed by atoms with Crippen molar-refractivity contribution in [3.63, 3.8) is 0 Å². The molecule has 6 heteroatoms. The average Bonchev–Trinajstić information content (AvgIpc) is 3.20. The molecule has 1 amide bonds. The summed E-state index contributed by atoms with van der Waals surface area (Å²) >= 11 is 0. The number of hydrogen-bond donors (Lipinski definition) is 1. The number of ether oxygens (including phenoxy) is 3. The third-order valence-electron chi connectivity index (χ3n) is 5.34. The minimum Gasteiger partial charge on any atom is -0.491 e. The zero-order valence-corrected chi connectivity index (χ0v) is 15.9. The minimum absolute atomic E-state index is 0.153. The lowest BCUT2D eigenvalue weighted by Gasteiger charge is -2.29. The third kappa shape index (κ3) is 5.96. The van der Waals surface area contributed by atoms with Crippen LogP contribution in [0, 0.1) is 5.92 Å². The zero-order chi connectivity index (χ0) is 19.1. The molecule has 0 aromatic heterocycles. The summed E-state index contributed by atoms with van der Waals surface area (Å²) in [7, 11) is 0. The second kappa shape index (κ2) is 9.74. The van der Waals surface area contributed by atoms with Crippen LogP contribution in [0.4, 0.5) is 0 Å². The lowest BCUT2D eigenvalue weighted by atomic mass is 9.86. The van der Waals surface area contributed by atoms with Crippen LogP contribution in [0.3, 0.4) is 0 Å². The Morgan fingerprint density at radius 3 is 2.59 bits per heavy atom. The maximum atomic E-state index is 12.1. The Bertz CT molecular complexity index is 624. The van der Waals surface area contributed by atoms with Crippen LogP contribution in [0.5, 0.6) is 5.75 Å². The topological polar surface area (TPSA) is 73.9 Å². The number of amides is 1. The monoisotopic (exact) mass is 375 g/mol. The number of hydrogen-bond acceptors (Lipinski definition) is 5. The number of carbonyl (C=O) groups is 2. The number of rotatable bonds is 7. The Hall–Kier alpha value is -2.08. The van der Waals surface area contributed by atoms with Crippen LogP contribution in [0.1, 0.15) is 55.8 Å². The Labute approximate surface area is 160 Å². The molecule has 0 radical (unpaired) electrons. The van der Waals surface area contributed by atoms with Crippen LogP contribution in [0.2, 0.25) is 0 Å². The molecule has 3 rings (SSSR count). The maximum Gasteiger partial charge on any atom is 0.338 e. The molecule has 6 nitrogen and oxygen atoms in total. The Kier molecular flexibility index (Phi) is 7.10. The summed E-state index contributed by atoms with van der Waals surface area (Å²) in [5.74, 6) is 0.415. The largest absolute Gasteiger partial charge is 0.491 e. The van der Waals surface area contributed by atoms with Crippen LogP contribution in [-0.4, -0.2) is 43.8 Å². The van der Waals surface area contributed by atoms with Crippen molar-refractivity contribution in [2.75, 3.05) is 19.8 Å². The van der Waals surface area contributed by atoms with Crippen molar-refractivity contribution in [2.24, 2.45) is 5.92 Å². The van der Waals surface area contributed by atoms with Gasteiger partial charge in [-0.15, -0.1) is 0 Å². The highest BCUT2D eigenvalue weighted by molar-refractivity contribution is 5.91. The molecular weight excluding hydrogens is 346 g/mol. The van der Waals surface area contributed by atoms with Crippen LogP contribution >= 0.6 is 0 Å². The summed E-state index contributed by atoms with van der Waals surface area (Å²) in [5, 5.41) is 2.98. The van der Waals surface area contributed by atoms with E-state index >= 15 is 0 Å². The normalized spacial score (nSPS) is 25.0. The molecule has 0 bridgehead atoms. The molecule has 0 spiro atoms. The summed E-state index contributed by atoms with van der Waals surface area (Å²) in [6, 6.07) is 6.94. The summed E-state index contributed by atoms with van der Waals surface area (Å²) in [4.78, 5) is 24.2. The van der Waals surface area contributed by atoms with Gasteiger partial charge in [-0.25, -0.2) is 4.79 Å². The van der Waals surface area contributed by atoms with Crippen molar-refractivity contribution in [1.29, 1.82) is 0 Å². The fourth-order valence-corrected chi connectivity index (χ4v) is 3.65. The number of benzene rings is 1. The van der Waals surface area contributed by atoms with E-state index in [0.717, 1.165) is 38.7 Å². The molecular formula is C21H29NO5. The molecule has 1 aliphatic heterocycles. The van der Waals surface area contributed by atoms with Crippen LogP contribution in [0.25, 0.3) is 0 Å². The first-order valence-corrected chi connectivity index (χ1v) is 9.93. The molecule has 1 heterocycles. The van der Waals surface area contributed by atoms with Gasteiger partial charge in [0.25, 0.3) is 5.91 Å². The molecule has 1 N–H and O–H groups in total. The second-order valence-electron chi connectivity index (χ2n) is 7.48. The highest BCUT2D eigenvalue weighted by Crippen LogP contribution is 2.23. The first kappa shape index (κ1) is 19.7. The molecule has 27 heavy (non-hydrogen) atoms. The SMILES string of the molecule is C[C@@H]1CCCC[C@@H]1NC(=O)COC(=O)c1ccc(OC[C@@H]2CCCO2)cc1. The second-order valence-corrected chi connectivity index (χ2v) is 7.48. The van der Waals surface area contributed by atoms with Gasteiger partial charge in [0, 0.05) is 12.6 Å². The number of carbonyl (C=O) groups excluding carboxylic acids is 2. The van der Waals surface area contributed by atoms with Crippen molar-refractivity contribution in [2.45, 2.75) is 57.6 Å². The van der Waals surface area contributed by atoms with Crippen molar-refractivity contribution >= 4 is 11.9 Å². The number of nitrogens with one attached hydrogen (secondary N) is 1. The maximum absolute atomic E-state index is 12.1. The molecule has 1 aromatic carbocycles. The van der Waals surface area contributed by atoms with E-state index in [1.54, 1.807) is 24.3 Å². The highest BCUT2D eigenvalue weighted by Gasteiger charge is 2.23. The molecule has 1 saturated carbocycles. The van der Waals surface area contributed by atoms with E-state index in [2.05, 4.69) is 12.2 Å². The Balaban J connectivity index is 1.40. The molecule has 1 saturated heterocycles. The Morgan fingerprint density at radius 2 is 1.89 bits per heavy atom. The van der Waals surface area contributed by atoms with E-state index in [-0.39, 0.29) is 24.7 Å². The standard InChI is InChI=1S/C21H29NO5/c1-15-5-2-3-7-19(15)22-20(23)14-27-21(24)16-8-10-17(11-9-16)26-13-18-6-4-12-25-18/h8-11,15,18-19H,2-7,12-14H2,1H3,(H,22,23)/t15-,18+,19+/m1/s1. The predicted octanol–water partition coefficient (Wildman–Crippen LogP) is 3.10. The van der Waals surface area contributed by atoms with Crippen LogP contribution < -0.4 is 10.1 Å². The smallest absolute Gasteiger partial charge is 0.338 e. The van der Waals surface area contributed by atoms with Crippen molar-refractivity contribution < 1.29 is 23.8 Å². The molecule has 2 aliphatic rings. The molecule has 3 atom stereocenters. The Morgan fingerprint density at radius 1 is 1.11 bits per heavy atom. The van der Waals surface area contributed by atoms with E-state index in [1.165, 1.54) is 6.42 Å². The van der Waals surface area contributed by atoms with Gasteiger partial charge in [0.2, 0.25) is 0 Å². The van der Waals surface area contributed by atoms with Crippen LogP contribution in [0.15, 0.2) is 24.3 Å². The van der Waals surface area contributed by atoms with Gasteiger partial charge in [-0.05, 0) is 55.9 Å². The van der Waals surface area contributed by atoms with E-state index in [0.29, 0.717) is 23.8 Å². The average molecular weight is 375 g/mol. The van der Waals surface area contributed by atoms with E-state index in [1.807, 2.05) is 0 Å². The van der Waals surface area contributed by atoms with Crippen LogP contribution in [-0.2, 0) is 14.3 Å². The van der Waals surface area contributed by atoms with E-state index in [4.69, 9.17) is 14.2 Å². The summed E-state index contributed by atoms with van der Waals surface area (Å²) in [6.45, 7) is 3.22. The molecule has 2 fully saturated rings. The lowest BCUT2D eigenvalue weighted by Crippen LogP contribution is -2.42. The van der Waals surface area contributed by atoms with Gasteiger partial charge in [-0.2, -0.15) is 0 Å². The van der Waals surface area contributed by atoms with Crippen molar-refractivity contribution in [3.8, 4) is 5.75 Å². The molecule has 0 unspecified atom stereocenters. The van der Waals surface area contributed by atoms with Gasteiger partial charge >= 0.3 is 5.97 Å². The van der Waals surface area contributed by atoms with Gasteiger partial charge in [0.05, 0.1) is 11.7 Å². The van der Waals surface area contributed by atoms with Gasteiger partial charge < -0.3 is 19.5 Å². The van der Waals surface area contributed by atoms with Gasteiger partial charge in [-0.1, -0.05) is 19.8 Å². The summed E-state index contributed by atoms with van der Waals surface area (Å²) in [5.41, 5.74) is 0.401. The van der Waals surface area contributed by atoms with Gasteiger partial charge in [0.15, 0.2) is 6.61 Å². The zero-order valence-electron chi connectivity index (χ0n) is 15.9. The highest BCUT2D eigenvalue weighted by atomic mass is 16.5. The fourth-order valence-electron chi connectivity index (χ4n) is 3.65. The minimum atomic E-state index is -0.507. The predicted molar refractivity (Wildman–Crippen MR) is 101 cm³/mol. The quantitative estimate of drug-likeness (QED) is 0.742. The third-order valence-corrected chi connectivity index (χ3v) is 5.34. The van der Waals surface area contributed by atoms with E-state index < -0.39 is 5.97 Å². The first-order chi connectivity index (χ1) is 13.1. The lowest BCUT2D eigenvalue weighted by molar-refractivity contribution is -0.125. The number of esters is 1. The first-order valence-electron chi connectivity index (χ1n) is 9.93. The van der Waals surface area contributed by atoms with E-state index in [9.17, 15) is 9.59 Å². The van der Waals surface area contributed by atoms with Gasteiger partial charge in [0.1, 0.15) is 12.4 Å². The fraction of sp³-hybridized carbons (Fsp3) is 0.619. The molecule has 1 aromatic rings. The van der Waals surface area contributed by atoms with Crippen molar-refractivity contribution in [3.05, 3.63) is 29.8 Å². The summed E-state index contributed by atoms with van der Waals surface area (Å²) < 4.78 is 16.3. The van der Waals surface area contributed by atoms with Gasteiger partial charge in [-0.3, -0.25) is 4.79 Å².